The van der Waals surface area contributed by atoms with Crippen LogP contribution in [0, 0.1) is 6.92 Å². The van der Waals surface area contributed by atoms with Gasteiger partial charge >= 0.3 is 5.97 Å². The van der Waals surface area contributed by atoms with Crippen LogP contribution in [0.5, 0.6) is 0 Å². The standard InChI is InChI=1S/C42H39N3O5S2/c1-3-50-42(49)38-34-22-21-31(28-14-6-4-7-15-28)24-36(34)52-41(38)45-37(46)26-51-33-20-12-19-32(25-33)43-40(48)35(23-30-18-11-10-13-27(30)2)44-39(47)29-16-8-5-9-17-29/h4-20,23,25,31H,3,21-22,24,26H2,1-2H3,(H,43,48)(H,44,47)(H,45,46)/b35-23-. The molecular weight excluding hydrogens is 691 g/mol. The molecule has 0 fully saturated rings. The molecule has 1 unspecified atom stereocenters. The summed E-state index contributed by atoms with van der Waals surface area (Å²) in [7, 11) is 0. The molecule has 3 amide bonds. The van der Waals surface area contributed by atoms with Crippen molar-refractivity contribution in [2.75, 3.05) is 23.0 Å². The monoisotopic (exact) mass is 729 g/mol. The van der Waals surface area contributed by atoms with Crippen LogP contribution in [0.15, 0.2) is 120 Å². The largest absolute Gasteiger partial charge is 0.462 e. The number of aryl methyl sites for hydroxylation is 1. The van der Waals surface area contributed by atoms with Crippen molar-refractivity contribution in [3.8, 4) is 0 Å². The highest BCUT2D eigenvalue weighted by Gasteiger charge is 2.31. The maximum Gasteiger partial charge on any atom is 0.341 e. The predicted octanol–water partition coefficient (Wildman–Crippen LogP) is 8.65. The fourth-order valence-corrected chi connectivity index (χ4v) is 8.21. The third-order valence-electron chi connectivity index (χ3n) is 8.75. The third kappa shape index (κ3) is 9.06. The number of carbonyl (C=O) groups excluding carboxylic acids is 4. The van der Waals surface area contributed by atoms with Gasteiger partial charge in [-0.05, 0) is 97.7 Å². The summed E-state index contributed by atoms with van der Waals surface area (Å²) >= 11 is 2.76. The van der Waals surface area contributed by atoms with E-state index in [-0.39, 0.29) is 24.0 Å². The molecule has 0 saturated heterocycles. The first-order chi connectivity index (χ1) is 25.3. The zero-order chi connectivity index (χ0) is 36.5. The summed E-state index contributed by atoms with van der Waals surface area (Å²) in [4.78, 5) is 54.9. The molecule has 0 bridgehead atoms. The predicted molar refractivity (Wildman–Crippen MR) is 209 cm³/mol. The Kier molecular flexibility index (Phi) is 12.0. The Morgan fingerprint density at radius 3 is 2.37 bits per heavy atom. The van der Waals surface area contributed by atoms with Gasteiger partial charge in [0.1, 0.15) is 10.7 Å². The molecule has 8 nitrogen and oxygen atoms in total. The molecule has 6 rings (SSSR count). The Balaban J connectivity index is 1.13. The highest BCUT2D eigenvalue weighted by molar-refractivity contribution is 8.00. The van der Waals surface area contributed by atoms with Gasteiger partial charge < -0.3 is 20.7 Å². The minimum absolute atomic E-state index is 0.0838. The lowest BCUT2D eigenvalue weighted by Crippen LogP contribution is -2.30. The van der Waals surface area contributed by atoms with Gasteiger partial charge in [0.15, 0.2) is 0 Å². The Morgan fingerprint density at radius 1 is 0.885 bits per heavy atom. The van der Waals surface area contributed by atoms with Crippen LogP contribution in [0.3, 0.4) is 0 Å². The molecule has 5 aromatic rings. The van der Waals surface area contributed by atoms with E-state index in [0.717, 1.165) is 45.7 Å². The van der Waals surface area contributed by atoms with E-state index in [1.807, 2.05) is 61.5 Å². The number of anilines is 2. The van der Waals surface area contributed by atoms with E-state index in [2.05, 4.69) is 28.1 Å². The van der Waals surface area contributed by atoms with Gasteiger partial charge in [0.25, 0.3) is 11.8 Å². The molecule has 0 radical (unpaired) electrons. The van der Waals surface area contributed by atoms with Crippen molar-refractivity contribution in [3.05, 3.63) is 153 Å². The van der Waals surface area contributed by atoms with Crippen LogP contribution >= 0.6 is 23.1 Å². The van der Waals surface area contributed by atoms with Crippen LogP contribution < -0.4 is 16.0 Å². The molecule has 3 N–H and O–H groups in total. The second kappa shape index (κ2) is 17.2. The molecule has 1 aliphatic carbocycles. The van der Waals surface area contributed by atoms with Crippen LogP contribution in [0.4, 0.5) is 10.7 Å². The Labute approximate surface area is 311 Å². The molecule has 1 atom stereocenters. The average molecular weight is 730 g/mol. The van der Waals surface area contributed by atoms with Crippen LogP contribution in [-0.2, 0) is 27.2 Å². The van der Waals surface area contributed by atoms with Crippen molar-refractivity contribution < 1.29 is 23.9 Å². The van der Waals surface area contributed by atoms with Gasteiger partial charge in [-0.15, -0.1) is 23.1 Å². The zero-order valence-corrected chi connectivity index (χ0v) is 30.6. The van der Waals surface area contributed by atoms with E-state index >= 15 is 0 Å². The number of nitrogens with one attached hydrogen (secondary N) is 3. The zero-order valence-electron chi connectivity index (χ0n) is 28.9. The van der Waals surface area contributed by atoms with Crippen LogP contribution in [-0.4, -0.2) is 36.1 Å². The van der Waals surface area contributed by atoms with Crippen LogP contribution in [0.1, 0.15) is 67.1 Å². The minimum atomic E-state index is -0.491. The van der Waals surface area contributed by atoms with Gasteiger partial charge in [0.05, 0.1) is 17.9 Å². The number of thioether (sulfide) groups is 1. The fraction of sp³-hybridized carbons (Fsp3) is 0.190. The topological polar surface area (TPSA) is 114 Å². The van der Waals surface area contributed by atoms with Crippen molar-refractivity contribution in [1.82, 2.24) is 5.32 Å². The van der Waals surface area contributed by atoms with E-state index < -0.39 is 17.8 Å². The second-order valence-corrected chi connectivity index (χ2v) is 14.5. The molecule has 4 aromatic carbocycles. The Morgan fingerprint density at radius 2 is 1.62 bits per heavy atom. The summed E-state index contributed by atoms with van der Waals surface area (Å²) in [5, 5.41) is 9.19. The summed E-state index contributed by atoms with van der Waals surface area (Å²) in [6, 6.07) is 33.8. The molecule has 0 aliphatic heterocycles. The van der Waals surface area contributed by atoms with Crippen LogP contribution in [0.25, 0.3) is 6.08 Å². The van der Waals surface area contributed by atoms with E-state index in [1.165, 1.54) is 28.7 Å². The highest BCUT2D eigenvalue weighted by Crippen LogP contribution is 2.43. The second-order valence-electron chi connectivity index (χ2n) is 12.3. The lowest BCUT2D eigenvalue weighted by Gasteiger charge is -2.23. The summed E-state index contributed by atoms with van der Waals surface area (Å²) in [5.41, 5.74) is 5.47. The minimum Gasteiger partial charge on any atom is -0.462 e. The first-order valence-electron chi connectivity index (χ1n) is 17.1. The first-order valence-corrected chi connectivity index (χ1v) is 18.9. The molecule has 1 heterocycles. The van der Waals surface area contributed by atoms with E-state index in [9.17, 15) is 19.2 Å². The molecule has 10 heteroatoms. The van der Waals surface area contributed by atoms with Gasteiger partial charge in [0.2, 0.25) is 5.91 Å². The smallest absolute Gasteiger partial charge is 0.341 e. The molecular formula is C42H39N3O5S2. The Bertz CT molecular complexity index is 2110. The van der Waals surface area contributed by atoms with Crippen molar-refractivity contribution >= 4 is 63.6 Å². The molecule has 1 aromatic heterocycles. The SMILES string of the molecule is CCOC(=O)c1c(NC(=O)CSc2cccc(NC(=O)/C(=C/c3ccccc3C)NC(=O)c3ccccc3)c2)sc2c1CCC(c1ccccc1)C2. The van der Waals surface area contributed by atoms with Gasteiger partial charge in [-0.2, -0.15) is 0 Å². The van der Waals surface area contributed by atoms with Crippen molar-refractivity contribution in [3.63, 3.8) is 0 Å². The number of rotatable bonds is 12. The number of hydrogen-bond donors (Lipinski definition) is 3. The van der Waals surface area contributed by atoms with E-state index in [1.54, 1.807) is 55.5 Å². The third-order valence-corrected chi connectivity index (χ3v) is 10.9. The number of fused-ring (bicyclic) bond motifs is 1. The number of ether oxygens (including phenoxy) is 1. The van der Waals surface area contributed by atoms with Gasteiger partial charge in [-0.25, -0.2) is 4.79 Å². The number of amides is 3. The van der Waals surface area contributed by atoms with Crippen molar-refractivity contribution in [2.24, 2.45) is 0 Å². The van der Waals surface area contributed by atoms with Gasteiger partial charge in [-0.1, -0.05) is 78.9 Å². The molecule has 0 saturated carbocycles. The lowest BCUT2D eigenvalue weighted by atomic mass is 9.83. The number of thiophene rings is 1. The molecule has 52 heavy (non-hydrogen) atoms. The summed E-state index contributed by atoms with van der Waals surface area (Å²) in [6.45, 7) is 3.95. The normalized spacial score (nSPS) is 13.8. The summed E-state index contributed by atoms with van der Waals surface area (Å²) < 4.78 is 5.41. The van der Waals surface area contributed by atoms with E-state index in [4.69, 9.17) is 4.74 Å². The van der Waals surface area contributed by atoms with Crippen LogP contribution in [0.2, 0.25) is 0 Å². The van der Waals surface area contributed by atoms with Gasteiger partial charge in [-0.3, -0.25) is 14.4 Å². The number of hydrogen-bond acceptors (Lipinski definition) is 7. The first kappa shape index (κ1) is 36.3. The lowest BCUT2D eigenvalue weighted by molar-refractivity contribution is -0.114. The maximum atomic E-state index is 13.6. The van der Waals surface area contributed by atoms with Gasteiger partial charge in [0, 0.05) is 21.0 Å². The Hall–Kier alpha value is -5.45. The van der Waals surface area contributed by atoms with E-state index in [0.29, 0.717) is 27.7 Å². The molecule has 264 valence electrons. The average Bonchev–Trinajstić information content (AvgIpc) is 3.52. The fourth-order valence-electron chi connectivity index (χ4n) is 6.12. The summed E-state index contributed by atoms with van der Waals surface area (Å²) in [5.74, 6) is -1.13. The highest BCUT2D eigenvalue weighted by atomic mass is 32.2. The van der Waals surface area contributed by atoms with Crippen molar-refractivity contribution in [1.29, 1.82) is 0 Å². The number of esters is 1. The number of benzene rings is 4. The summed E-state index contributed by atoms with van der Waals surface area (Å²) in [6.07, 6.45) is 4.11. The quantitative estimate of drug-likeness (QED) is 0.0673. The number of carbonyl (C=O) groups is 4. The molecule has 0 spiro atoms. The van der Waals surface area contributed by atoms with Crippen molar-refractivity contribution in [2.45, 2.75) is 43.9 Å². The molecule has 1 aliphatic rings. The maximum absolute atomic E-state index is 13.6.